The zero-order valence-electron chi connectivity index (χ0n) is 18.7. The van der Waals surface area contributed by atoms with E-state index in [0.717, 1.165) is 41.9 Å². The van der Waals surface area contributed by atoms with Crippen LogP contribution in [0, 0.1) is 19.8 Å². The summed E-state index contributed by atoms with van der Waals surface area (Å²) in [6, 6.07) is 7.41. The van der Waals surface area contributed by atoms with E-state index in [-0.39, 0.29) is 18.1 Å². The number of hydrogen-bond acceptors (Lipinski definition) is 3. The standard InChI is InChI=1S/C24H32ClN3O2/c1-16(2)15-28-18(4)19(17(3)26-28)14-23(30)27(5)24(13-9-8-12-22(24)29)20-10-6-7-11-21(20)25/h6-7,10-11,16H,8-9,12-15H2,1-5H3. The number of rotatable bonds is 6. The Hall–Kier alpha value is -2.14. The molecule has 0 spiro atoms. The lowest BCUT2D eigenvalue weighted by Crippen LogP contribution is -2.54. The topological polar surface area (TPSA) is 55.2 Å². The number of nitrogens with zero attached hydrogens (tertiary/aromatic N) is 3. The molecule has 0 N–H and O–H groups in total. The fourth-order valence-electron chi connectivity index (χ4n) is 4.63. The largest absolute Gasteiger partial charge is 0.329 e. The summed E-state index contributed by atoms with van der Waals surface area (Å²) in [4.78, 5) is 28.4. The zero-order chi connectivity index (χ0) is 22.1. The van der Waals surface area contributed by atoms with Crippen molar-refractivity contribution in [2.45, 2.75) is 71.9 Å². The third kappa shape index (κ3) is 4.04. The van der Waals surface area contributed by atoms with Gasteiger partial charge in [0.25, 0.3) is 0 Å². The van der Waals surface area contributed by atoms with Gasteiger partial charge in [0, 0.05) is 41.9 Å². The number of ketones is 1. The first-order valence-electron chi connectivity index (χ1n) is 10.8. The summed E-state index contributed by atoms with van der Waals surface area (Å²) in [7, 11) is 1.75. The summed E-state index contributed by atoms with van der Waals surface area (Å²) < 4.78 is 1.98. The molecular formula is C24H32ClN3O2. The van der Waals surface area contributed by atoms with Crippen LogP contribution in [0.5, 0.6) is 0 Å². The third-order valence-corrected chi connectivity index (χ3v) is 6.65. The zero-order valence-corrected chi connectivity index (χ0v) is 19.4. The monoisotopic (exact) mass is 429 g/mol. The second kappa shape index (κ2) is 8.93. The molecule has 0 saturated heterocycles. The van der Waals surface area contributed by atoms with Crippen LogP contribution in [0.2, 0.25) is 5.02 Å². The lowest BCUT2D eigenvalue weighted by atomic mass is 9.74. The Morgan fingerprint density at radius 3 is 2.60 bits per heavy atom. The molecule has 1 aromatic carbocycles. The first-order valence-corrected chi connectivity index (χ1v) is 11.1. The van der Waals surface area contributed by atoms with Crippen LogP contribution in [0.15, 0.2) is 24.3 Å². The second-order valence-corrected chi connectivity index (χ2v) is 9.23. The number of halogens is 1. The van der Waals surface area contributed by atoms with Crippen molar-refractivity contribution < 1.29 is 9.59 Å². The van der Waals surface area contributed by atoms with Gasteiger partial charge in [0.1, 0.15) is 5.54 Å². The van der Waals surface area contributed by atoms with Crippen LogP contribution in [-0.4, -0.2) is 33.4 Å². The number of carbonyl (C=O) groups excluding carboxylic acids is 2. The van der Waals surface area contributed by atoms with Crippen molar-refractivity contribution in [2.75, 3.05) is 7.05 Å². The molecule has 162 valence electrons. The minimum Gasteiger partial charge on any atom is -0.329 e. The van der Waals surface area contributed by atoms with E-state index in [4.69, 9.17) is 11.6 Å². The minimum atomic E-state index is -0.997. The van der Waals surface area contributed by atoms with E-state index in [9.17, 15) is 9.59 Å². The highest BCUT2D eigenvalue weighted by Gasteiger charge is 2.47. The Labute approximate surface area is 184 Å². The lowest BCUT2D eigenvalue weighted by molar-refractivity contribution is -0.147. The van der Waals surface area contributed by atoms with Gasteiger partial charge in [-0.1, -0.05) is 43.6 Å². The van der Waals surface area contributed by atoms with Gasteiger partial charge in [-0.05, 0) is 45.1 Å². The maximum atomic E-state index is 13.5. The van der Waals surface area contributed by atoms with Crippen molar-refractivity contribution in [1.82, 2.24) is 14.7 Å². The summed E-state index contributed by atoms with van der Waals surface area (Å²) >= 11 is 6.52. The molecule has 0 bridgehead atoms. The molecule has 6 heteroatoms. The first kappa shape index (κ1) is 22.5. The molecule has 1 heterocycles. The van der Waals surface area contributed by atoms with Gasteiger partial charge in [0.05, 0.1) is 12.1 Å². The Morgan fingerprint density at radius 2 is 1.97 bits per heavy atom. The van der Waals surface area contributed by atoms with Crippen LogP contribution >= 0.6 is 11.6 Å². The predicted molar refractivity (Wildman–Crippen MR) is 120 cm³/mol. The highest BCUT2D eigenvalue weighted by Crippen LogP contribution is 2.42. The van der Waals surface area contributed by atoms with E-state index in [1.54, 1.807) is 18.0 Å². The van der Waals surface area contributed by atoms with E-state index in [2.05, 4.69) is 18.9 Å². The summed E-state index contributed by atoms with van der Waals surface area (Å²) in [6.07, 6.45) is 3.04. The number of likely N-dealkylation sites (N-methyl/N-ethyl adjacent to an activating group) is 1. The molecule has 0 radical (unpaired) electrons. The van der Waals surface area contributed by atoms with Crippen LogP contribution in [-0.2, 0) is 28.1 Å². The molecule has 2 aromatic rings. The Morgan fingerprint density at radius 1 is 1.27 bits per heavy atom. The fourth-order valence-corrected chi connectivity index (χ4v) is 4.92. The average molecular weight is 430 g/mol. The number of aryl methyl sites for hydroxylation is 1. The molecule has 1 amide bonds. The summed E-state index contributed by atoms with van der Waals surface area (Å²) in [5, 5.41) is 5.17. The van der Waals surface area contributed by atoms with Crippen molar-refractivity contribution in [3.05, 3.63) is 51.8 Å². The smallest absolute Gasteiger partial charge is 0.227 e. The van der Waals surface area contributed by atoms with E-state index in [1.807, 2.05) is 36.7 Å². The number of carbonyl (C=O) groups is 2. The van der Waals surface area contributed by atoms with Crippen LogP contribution in [0.3, 0.4) is 0 Å². The molecule has 3 rings (SSSR count). The normalized spacial score (nSPS) is 19.4. The number of Topliss-reactive ketones (excluding diaryl/α,β-unsaturated/α-hetero) is 1. The molecule has 1 aliphatic rings. The summed E-state index contributed by atoms with van der Waals surface area (Å²) in [6.45, 7) is 9.08. The average Bonchev–Trinajstić information content (AvgIpc) is 2.95. The van der Waals surface area contributed by atoms with Crippen LogP contribution in [0.1, 0.15) is 62.0 Å². The molecule has 1 aliphatic carbocycles. The highest BCUT2D eigenvalue weighted by atomic mass is 35.5. The van der Waals surface area contributed by atoms with Gasteiger partial charge in [-0.25, -0.2) is 0 Å². The minimum absolute atomic E-state index is 0.0710. The number of aromatic nitrogens is 2. The van der Waals surface area contributed by atoms with Gasteiger partial charge >= 0.3 is 0 Å². The van der Waals surface area contributed by atoms with E-state index >= 15 is 0 Å². The molecule has 1 fully saturated rings. The van der Waals surface area contributed by atoms with Crippen molar-refractivity contribution in [3.63, 3.8) is 0 Å². The predicted octanol–water partition coefficient (Wildman–Crippen LogP) is 4.85. The van der Waals surface area contributed by atoms with Gasteiger partial charge in [0.2, 0.25) is 5.91 Å². The maximum Gasteiger partial charge on any atom is 0.227 e. The van der Waals surface area contributed by atoms with E-state index in [0.29, 0.717) is 23.8 Å². The van der Waals surface area contributed by atoms with E-state index < -0.39 is 5.54 Å². The highest BCUT2D eigenvalue weighted by molar-refractivity contribution is 6.31. The van der Waals surface area contributed by atoms with Crippen LogP contribution in [0.25, 0.3) is 0 Å². The Balaban J connectivity index is 1.96. The molecule has 1 atom stereocenters. The third-order valence-electron chi connectivity index (χ3n) is 6.32. The Bertz CT molecular complexity index is 950. The van der Waals surface area contributed by atoms with Gasteiger partial charge in [-0.3, -0.25) is 14.3 Å². The van der Waals surface area contributed by atoms with Gasteiger partial charge < -0.3 is 4.90 Å². The van der Waals surface area contributed by atoms with Crippen molar-refractivity contribution in [3.8, 4) is 0 Å². The molecule has 1 aromatic heterocycles. The van der Waals surface area contributed by atoms with Gasteiger partial charge in [-0.15, -0.1) is 0 Å². The quantitative estimate of drug-likeness (QED) is 0.659. The Kier molecular flexibility index (Phi) is 6.71. The lowest BCUT2D eigenvalue weighted by Gasteiger charge is -2.44. The SMILES string of the molecule is Cc1nn(CC(C)C)c(C)c1CC(=O)N(C)C1(c2ccccc2Cl)CCCCC1=O. The number of benzene rings is 1. The van der Waals surface area contributed by atoms with Crippen molar-refractivity contribution in [1.29, 1.82) is 0 Å². The molecule has 30 heavy (non-hydrogen) atoms. The van der Waals surface area contributed by atoms with Crippen LogP contribution < -0.4 is 0 Å². The summed E-state index contributed by atoms with van der Waals surface area (Å²) in [5.74, 6) is 0.458. The van der Waals surface area contributed by atoms with E-state index in [1.165, 1.54) is 0 Å². The molecule has 1 unspecified atom stereocenters. The fraction of sp³-hybridized carbons (Fsp3) is 0.542. The number of hydrogen-bond donors (Lipinski definition) is 0. The second-order valence-electron chi connectivity index (χ2n) is 8.83. The van der Waals surface area contributed by atoms with Gasteiger partial charge in [0.15, 0.2) is 5.78 Å². The van der Waals surface area contributed by atoms with Crippen LogP contribution in [0.4, 0.5) is 0 Å². The molecule has 1 saturated carbocycles. The van der Waals surface area contributed by atoms with Crippen molar-refractivity contribution in [2.24, 2.45) is 5.92 Å². The van der Waals surface area contributed by atoms with Gasteiger partial charge in [-0.2, -0.15) is 5.10 Å². The first-order chi connectivity index (χ1) is 14.2. The summed E-state index contributed by atoms with van der Waals surface area (Å²) in [5.41, 5.74) is 2.58. The molecule has 0 aliphatic heterocycles. The molecular weight excluding hydrogens is 398 g/mol. The van der Waals surface area contributed by atoms with Crippen molar-refractivity contribution >= 4 is 23.3 Å². The maximum absolute atomic E-state index is 13.5. The number of amides is 1. The molecule has 5 nitrogen and oxygen atoms in total.